The Morgan fingerprint density at radius 1 is 0.923 bits per heavy atom. The number of aromatic nitrogens is 2. The number of nitrogens with zero attached hydrogens (tertiary/aromatic N) is 2. The van der Waals surface area contributed by atoms with Crippen LogP contribution < -0.4 is 0 Å². The van der Waals surface area contributed by atoms with Crippen LogP contribution in [0.2, 0.25) is 0 Å². The first-order valence-corrected chi connectivity index (χ1v) is 4.68. The maximum absolute atomic E-state index is 4.24. The van der Waals surface area contributed by atoms with Crippen molar-refractivity contribution in [2.45, 2.75) is 0 Å². The highest BCUT2D eigenvalue weighted by Gasteiger charge is 1.97. The summed E-state index contributed by atoms with van der Waals surface area (Å²) in [5.74, 6) is 0. The maximum Gasteiger partial charge on any atom is 0.124 e. The Balaban J connectivity index is 2.42. The second kappa shape index (κ2) is 3.66. The minimum Gasteiger partial charge on any atom is -0.252 e. The molecule has 2 nitrogen and oxygen atoms in total. The van der Waals surface area contributed by atoms with E-state index in [-0.39, 0.29) is 0 Å². The molecule has 1 aromatic heterocycles. The quantitative estimate of drug-likeness (QED) is 0.759. The van der Waals surface area contributed by atoms with Gasteiger partial charge in [0.15, 0.2) is 0 Å². The van der Waals surface area contributed by atoms with Gasteiger partial charge in [0, 0.05) is 5.56 Å². The van der Waals surface area contributed by atoms with E-state index in [0.29, 0.717) is 0 Å². The van der Waals surface area contributed by atoms with Crippen LogP contribution in [0.25, 0.3) is 11.3 Å². The molecule has 2 rings (SSSR count). The number of halogens is 1. The van der Waals surface area contributed by atoms with E-state index in [0.717, 1.165) is 15.9 Å². The van der Waals surface area contributed by atoms with Crippen molar-refractivity contribution in [1.29, 1.82) is 0 Å². The predicted molar refractivity (Wildman–Crippen MR) is 55.2 cm³/mol. The Bertz CT molecular complexity index is 383. The molecule has 0 amide bonds. The minimum absolute atomic E-state index is 0.757. The lowest BCUT2D eigenvalue weighted by molar-refractivity contribution is 1.17. The van der Waals surface area contributed by atoms with Crippen molar-refractivity contribution in [3.63, 3.8) is 0 Å². The molecule has 0 bridgehead atoms. The van der Waals surface area contributed by atoms with Crippen molar-refractivity contribution in [3.05, 3.63) is 47.3 Å². The van der Waals surface area contributed by atoms with E-state index in [4.69, 9.17) is 0 Å². The van der Waals surface area contributed by atoms with Crippen LogP contribution in [0.1, 0.15) is 0 Å². The monoisotopic (exact) mass is 234 g/mol. The lowest BCUT2D eigenvalue weighted by Crippen LogP contribution is -1.84. The molecule has 0 radical (unpaired) electrons. The van der Waals surface area contributed by atoms with E-state index in [1.165, 1.54) is 0 Å². The van der Waals surface area contributed by atoms with Crippen LogP contribution in [0, 0.1) is 0 Å². The number of hydrogen-bond donors (Lipinski definition) is 0. The van der Waals surface area contributed by atoms with Gasteiger partial charge in [-0.05, 0) is 15.9 Å². The topological polar surface area (TPSA) is 25.8 Å². The summed E-state index contributed by atoms with van der Waals surface area (Å²) < 4.78 is 0.757. The second-order valence-corrected chi connectivity index (χ2v) is 3.40. The van der Waals surface area contributed by atoms with Gasteiger partial charge in [0.1, 0.15) is 4.60 Å². The highest BCUT2D eigenvalue weighted by Crippen LogP contribution is 2.15. The summed E-state index contributed by atoms with van der Waals surface area (Å²) in [5.41, 5.74) is 1.98. The summed E-state index contributed by atoms with van der Waals surface area (Å²) in [5, 5.41) is 0. The summed E-state index contributed by atoms with van der Waals surface area (Å²) in [6.45, 7) is 0. The van der Waals surface area contributed by atoms with Crippen LogP contribution >= 0.6 is 15.9 Å². The smallest absolute Gasteiger partial charge is 0.124 e. The van der Waals surface area contributed by atoms with E-state index in [9.17, 15) is 0 Å². The van der Waals surface area contributed by atoms with Crippen LogP contribution in [0.5, 0.6) is 0 Å². The van der Waals surface area contributed by atoms with Crippen LogP contribution in [0.15, 0.2) is 47.3 Å². The zero-order valence-corrected chi connectivity index (χ0v) is 8.40. The normalized spacial score (nSPS) is 9.92. The largest absolute Gasteiger partial charge is 0.252 e. The van der Waals surface area contributed by atoms with E-state index in [1.54, 1.807) is 12.4 Å². The van der Waals surface area contributed by atoms with Gasteiger partial charge in [0.2, 0.25) is 0 Å². The van der Waals surface area contributed by atoms with Gasteiger partial charge in [-0.15, -0.1) is 0 Å². The zero-order chi connectivity index (χ0) is 9.10. The van der Waals surface area contributed by atoms with Gasteiger partial charge in [-0.3, -0.25) is 4.98 Å². The van der Waals surface area contributed by atoms with Crippen molar-refractivity contribution in [1.82, 2.24) is 9.97 Å². The molecule has 2 aromatic rings. The third-order valence-corrected chi connectivity index (χ3v) is 2.10. The molecule has 1 heterocycles. The standard InChI is InChI=1S/C10H7BrN2/c11-10-7-12-9(6-13-10)8-4-2-1-3-5-8/h1-7H. The fourth-order valence-electron chi connectivity index (χ4n) is 1.07. The van der Waals surface area contributed by atoms with Gasteiger partial charge in [-0.25, -0.2) is 4.98 Å². The Morgan fingerprint density at radius 3 is 2.31 bits per heavy atom. The molecular weight excluding hydrogens is 228 g/mol. The molecule has 0 aliphatic rings. The van der Waals surface area contributed by atoms with E-state index >= 15 is 0 Å². The van der Waals surface area contributed by atoms with Gasteiger partial charge in [0.25, 0.3) is 0 Å². The average molecular weight is 235 g/mol. The van der Waals surface area contributed by atoms with Gasteiger partial charge < -0.3 is 0 Å². The van der Waals surface area contributed by atoms with Crippen LogP contribution in [-0.4, -0.2) is 9.97 Å². The first-order valence-electron chi connectivity index (χ1n) is 3.89. The first-order chi connectivity index (χ1) is 6.36. The van der Waals surface area contributed by atoms with Crippen molar-refractivity contribution in [2.24, 2.45) is 0 Å². The maximum atomic E-state index is 4.24. The fraction of sp³-hybridized carbons (Fsp3) is 0. The van der Waals surface area contributed by atoms with Gasteiger partial charge in [-0.1, -0.05) is 30.3 Å². The SMILES string of the molecule is Brc1cnc(-c2ccccc2)cn1. The molecular formula is C10H7BrN2. The summed E-state index contributed by atoms with van der Waals surface area (Å²) in [4.78, 5) is 8.35. The van der Waals surface area contributed by atoms with E-state index in [1.807, 2.05) is 30.3 Å². The summed E-state index contributed by atoms with van der Waals surface area (Å²) in [7, 11) is 0. The Labute approximate surface area is 84.8 Å². The van der Waals surface area contributed by atoms with Crippen molar-refractivity contribution >= 4 is 15.9 Å². The molecule has 0 aliphatic heterocycles. The molecule has 13 heavy (non-hydrogen) atoms. The van der Waals surface area contributed by atoms with Crippen molar-refractivity contribution in [3.8, 4) is 11.3 Å². The molecule has 0 unspecified atom stereocenters. The summed E-state index contributed by atoms with van der Waals surface area (Å²) >= 11 is 3.24. The molecule has 3 heteroatoms. The molecule has 0 saturated heterocycles. The molecule has 0 atom stereocenters. The Morgan fingerprint density at radius 2 is 1.69 bits per heavy atom. The van der Waals surface area contributed by atoms with Crippen molar-refractivity contribution < 1.29 is 0 Å². The highest BCUT2D eigenvalue weighted by atomic mass is 79.9. The lowest BCUT2D eigenvalue weighted by atomic mass is 10.2. The highest BCUT2D eigenvalue weighted by molar-refractivity contribution is 9.10. The van der Waals surface area contributed by atoms with Gasteiger partial charge in [-0.2, -0.15) is 0 Å². The Kier molecular flexibility index (Phi) is 2.36. The number of benzene rings is 1. The lowest BCUT2D eigenvalue weighted by Gasteiger charge is -1.98. The summed E-state index contributed by atoms with van der Waals surface area (Å²) in [6, 6.07) is 9.98. The molecule has 0 spiro atoms. The number of rotatable bonds is 1. The predicted octanol–water partition coefficient (Wildman–Crippen LogP) is 2.91. The average Bonchev–Trinajstić information content (AvgIpc) is 2.20. The van der Waals surface area contributed by atoms with E-state index < -0.39 is 0 Å². The van der Waals surface area contributed by atoms with Gasteiger partial charge in [0.05, 0.1) is 18.1 Å². The second-order valence-electron chi connectivity index (χ2n) is 2.59. The van der Waals surface area contributed by atoms with Crippen LogP contribution in [-0.2, 0) is 0 Å². The van der Waals surface area contributed by atoms with Crippen LogP contribution in [0.4, 0.5) is 0 Å². The zero-order valence-electron chi connectivity index (χ0n) is 6.81. The Hall–Kier alpha value is -1.22. The van der Waals surface area contributed by atoms with Gasteiger partial charge >= 0.3 is 0 Å². The van der Waals surface area contributed by atoms with Crippen LogP contribution in [0.3, 0.4) is 0 Å². The first kappa shape index (κ1) is 8.38. The van der Waals surface area contributed by atoms with Crippen molar-refractivity contribution in [2.75, 3.05) is 0 Å². The molecule has 0 fully saturated rings. The molecule has 64 valence electrons. The molecule has 1 aromatic carbocycles. The number of hydrogen-bond acceptors (Lipinski definition) is 2. The van der Waals surface area contributed by atoms with E-state index in [2.05, 4.69) is 25.9 Å². The summed E-state index contributed by atoms with van der Waals surface area (Å²) in [6.07, 6.45) is 3.45. The third-order valence-electron chi connectivity index (χ3n) is 1.69. The fourth-order valence-corrected chi connectivity index (χ4v) is 1.28. The minimum atomic E-state index is 0.757. The molecule has 0 saturated carbocycles. The molecule has 0 N–H and O–H groups in total. The third kappa shape index (κ3) is 1.92. The molecule has 0 aliphatic carbocycles.